The predicted octanol–water partition coefficient (Wildman–Crippen LogP) is 6.03. The number of esters is 1. The molecule has 0 unspecified atom stereocenters. The van der Waals surface area contributed by atoms with Gasteiger partial charge in [-0.15, -0.1) is 11.3 Å². The van der Waals surface area contributed by atoms with E-state index < -0.39 is 11.2 Å². The molecule has 36 heavy (non-hydrogen) atoms. The summed E-state index contributed by atoms with van der Waals surface area (Å²) >= 11 is 7.50. The van der Waals surface area contributed by atoms with Crippen molar-refractivity contribution in [3.05, 3.63) is 46.2 Å². The van der Waals surface area contributed by atoms with E-state index in [1.54, 1.807) is 6.20 Å². The van der Waals surface area contributed by atoms with Crippen molar-refractivity contribution in [3.63, 3.8) is 0 Å². The van der Waals surface area contributed by atoms with Crippen LogP contribution in [0.3, 0.4) is 0 Å². The molecule has 2 heterocycles. The van der Waals surface area contributed by atoms with E-state index in [9.17, 15) is 9.90 Å². The first-order valence-corrected chi connectivity index (χ1v) is 13.0. The first kappa shape index (κ1) is 26.3. The van der Waals surface area contributed by atoms with Crippen molar-refractivity contribution in [2.24, 2.45) is 5.92 Å². The normalized spacial score (nSPS) is 20.1. The molecule has 192 valence electrons. The fourth-order valence-corrected chi connectivity index (χ4v) is 5.45. The van der Waals surface area contributed by atoms with Gasteiger partial charge in [0.2, 0.25) is 11.8 Å². The van der Waals surface area contributed by atoms with E-state index in [2.05, 4.69) is 26.3 Å². The molecule has 0 saturated heterocycles. The van der Waals surface area contributed by atoms with Gasteiger partial charge in [-0.3, -0.25) is 4.79 Å². The van der Waals surface area contributed by atoms with Crippen LogP contribution >= 0.6 is 22.9 Å². The number of hydrogen-bond acceptors (Lipinski definition) is 9. The zero-order chi connectivity index (χ0) is 26.1. The van der Waals surface area contributed by atoms with Gasteiger partial charge in [-0.05, 0) is 76.6 Å². The highest BCUT2D eigenvalue weighted by Crippen LogP contribution is 2.43. The molecule has 1 fully saturated rings. The summed E-state index contributed by atoms with van der Waals surface area (Å²) in [6, 6.07) is 6.04. The number of carbonyl (C=O) groups is 1. The van der Waals surface area contributed by atoms with E-state index in [-0.39, 0.29) is 11.9 Å². The highest BCUT2D eigenvalue weighted by atomic mass is 35.5. The molecule has 8 nitrogen and oxygen atoms in total. The molecule has 10 heteroatoms. The summed E-state index contributed by atoms with van der Waals surface area (Å²) in [6.07, 6.45) is 5.37. The molecule has 0 aliphatic heterocycles. The number of rotatable bonds is 6. The summed E-state index contributed by atoms with van der Waals surface area (Å²) in [4.78, 5) is 26.5. The summed E-state index contributed by atoms with van der Waals surface area (Å²) in [7, 11) is 1.50. The van der Waals surface area contributed by atoms with Gasteiger partial charge in [-0.25, -0.2) is 9.97 Å². The van der Waals surface area contributed by atoms with Crippen molar-refractivity contribution in [2.75, 3.05) is 12.4 Å². The largest absolute Gasteiger partial charge is 0.480 e. The average molecular weight is 531 g/mol. The molecular formula is C26H31ClN4O4S. The standard InChI is InChI=1S/C26H31ClN4O4S/c1-15-10-17(12-18(11-15)30-24-29-13-19(27)21(31-24)34-5)20-14-28-23(36-20)26(33)8-6-16(7-9-26)22(32)35-25(2,3)4/h10-14,16,33H,6-9H2,1-5H3,(H,29,30,31)/t16-,26-. The van der Waals surface area contributed by atoms with Gasteiger partial charge < -0.3 is 19.9 Å². The monoisotopic (exact) mass is 530 g/mol. The van der Waals surface area contributed by atoms with Gasteiger partial charge in [0.15, 0.2) is 0 Å². The Balaban J connectivity index is 1.49. The summed E-state index contributed by atoms with van der Waals surface area (Å²) in [5, 5.41) is 15.6. The van der Waals surface area contributed by atoms with Crippen LogP contribution < -0.4 is 10.1 Å². The number of benzene rings is 1. The molecule has 1 saturated carbocycles. The van der Waals surface area contributed by atoms with Crippen LogP contribution in [0.1, 0.15) is 57.0 Å². The minimum absolute atomic E-state index is 0.188. The van der Waals surface area contributed by atoms with E-state index in [1.165, 1.54) is 24.6 Å². The van der Waals surface area contributed by atoms with Crippen LogP contribution in [0.2, 0.25) is 5.02 Å². The van der Waals surface area contributed by atoms with Gasteiger partial charge in [0.1, 0.15) is 21.2 Å². The van der Waals surface area contributed by atoms with Crippen molar-refractivity contribution >= 4 is 40.5 Å². The molecule has 0 bridgehead atoms. The van der Waals surface area contributed by atoms with Gasteiger partial charge in [0.05, 0.1) is 24.1 Å². The second kappa shape index (κ2) is 10.3. The minimum atomic E-state index is -1.04. The highest BCUT2D eigenvalue weighted by molar-refractivity contribution is 7.15. The lowest BCUT2D eigenvalue weighted by Crippen LogP contribution is -2.36. The predicted molar refractivity (Wildman–Crippen MR) is 141 cm³/mol. The maximum Gasteiger partial charge on any atom is 0.309 e. The lowest BCUT2D eigenvalue weighted by atomic mass is 9.79. The molecule has 1 aromatic carbocycles. The van der Waals surface area contributed by atoms with E-state index in [0.717, 1.165) is 21.7 Å². The second-order valence-corrected chi connectivity index (χ2v) is 11.6. The molecule has 3 aromatic rings. The molecule has 0 atom stereocenters. The lowest BCUT2D eigenvalue weighted by Gasteiger charge is -2.34. The number of carbonyl (C=O) groups excluding carboxylic acids is 1. The average Bonchev–Trinajstić information content (AvgIpc) is 3.31. The van der Waals surface area contributed by atoms with Gasteiger partial charge in [0, 0.05) is 11.9 Å². The highest BCUT2D eigenvalue weighted by Gasteiger charge is 2.40. The Morgan fingerprint density at radius 3 is 2.58 bits per heavy atom. The number of methoxy groups -OCH3 is 1. The van der Waals surface area contributed by atoms with E-state index in [1.807, 2.05) is 39.8 Å². The quantitative estimate of drug-likeness (QED) is 0.372. The Bertz CT molecular complexity index is 1250. The topological polar surface area (TPSA) is 106 Å². The molecule has 0 radical (unpaired) electrons. The number of halogens is 1. The summed E-state index contributed by atoms with van der Waals surface area (Å²) < 4.78 is 10.7. The number of aliphatic hydroxyl groups is 1. The maximum absolute atomic E-state index is 12.5. The molecule has 2 N–H and O–H groups in total. The Labute approximate surface area is 220 Å². The summed E-state index contributed by atoms with van der Waals surface area (Å²) in [6.45, 7) is 7.61. The molecule has 2 aromatic heterocycles. The van der Waals surface area contributed by atoms with Crippen molar-refractivity contribution in [3.8, 4) is 16.3 Å². The number of nitrogens with one attached hydrogen (secondary N) is 1. The number of aromatic nitrogens is 3. The Morgan fingerprint density at radius 2 is 1.92 bits per heavy atom. The van der Waals surface area contributed by atoms with Gasteiger partial charge in [0.25, 0.3) is 0 Å². The van der Waals surface area contributed by atoms with Crippen LogP contribution in [0.15, 0.2) is 30.6 Å². The van der Waals surface area contributed by atoms with Crippen molar-refractivity contribution < 1.29 is 19.4 Å². The molecule has 0 spiro atoms. The van der Waals surface area contributed by atoms with E-state index >= 15 is 0 Å². The molecule has 1 aliphatic carbocycles. The van der Waals surface area contributed by atoms with Gasteiger partial charge >= 0.3 is 5.97 Å². The number of ether oxygens (including phenoxy) is 2. The van der Waals surface area contributed by atoms with E-state index in [4.69, 9.17) is 21.1 Å². The van der Waals surface area contributed by atoms with Crippen LogP contribution in [0.5, 0.6) is 5.88 Å². The third kappa shape index (κ3) is 6.14. The lowest BCUT2D eigenvalue weighted by molar-refractivity contribution is -0.163. The molecule has 4 rings (SSSR count). The number of hydrogen-bond donors (Lipinski definition) is 2. The fraction of sp³-hybridized carbons (Fsp3) is 0.462. The Kier molecular flexibility index (Phi) is 7.54. The fourth-order valence-electron chi connectivity index (χ4n) is 4.23. The van der Waals surface area contributed by atoms with Crippen LogP contribution in [0.4, 0.5) is 11.6 Å². The SMILES string of the molecule is COc1nc(Nc2cc(C)cc(-c3cnc([C@]4(O)CC[C@H](C(=O)OC(C)(C)C)CC4)s3)c2)ncc1Cl. The number of aryl methyl sites for hydroxylation is 1. The Hall–Kier alpha value is -2.75. The molecule has 0 amide bonds. The molecular weight excluding hydrogens is 500 g/mol. The van der Waals surface area contributed by atoms with Gasteiger partial charge in [-0.2, -0.15) is 4.98 Å². The van der Waals surface area contributed by atoms with E-state index in [0.29, 0.717) is 47.5 Å². The van der Waals surface area contributed by atoms with Crippen LogP contribution in [-0.4, -0.2) is 38.7 Å². The minimum Gasteiger partial charge on any atom is -0.480 e. The third-order valence-electron chi connectivity index (χ3n) is 5.98. The zero-order valence-corrected chi connectivity index (χ0v) is 22.7. The third-order valence-corrected chi connectivity index (χ3v) is 7.48. The Morgan fingerprint density at radius 1 is 1.19 bits per heavy atom. The smallest absolute Gasteiger partial charge is 0.309 e. The zero-order valence-electron chi connectivity index (χ0n) is 21.1. The van der Waals surface area contributed by atoms with Crippen molar-refractivity contribution in [1.29, 1.82) is 0 Å². The maximum atomic E-state index is 12.5. The number of nitrogens with zero attached hydrogens (tertiary/aromatic N) is 3. The van der Waals surface area contributed by atoms with Gasteiger partial charge in [-0.1, -0.05) is 17.7 Å². The summed E-state index contributed by atoms with van der Waals surface area (Å²) in [5.74, 6) is 0.284. The number of anilines is 2. The van der Waals surface area contributed by atoms with Crippen LogP contribution in [0, 0.1) is 12.8 Å². The first-order valence-electron chi connectivity index (χ1n) is 11.8. The summed E-state index contributed by atoms with van der Waals surface area (Å²) in [5.41, 5.74) is 1.26. The van der Waals surface area contributed by atoms with Crippen LogP contribution in [-0.2, 0) is 15.1 Å². The first-order chi connectivity index (χ1) is 17.0. The number of thiazole rings is 1. The van der Waals surface area contributed by atoms with Crippen LogP contribution in [0.25, 0.3) is 10.4 Å². The molecule has 1 aliphatic rings. The van der Waals surface area contributed by atoms with Crippen molar-refractivity contribution in [1.82, 2.24) is 15.0 Å². The van der Waals surface area contributed by atoms with Crippen molar-refractivity contribution in [2.45, 2.75) is 64.6 Å². The second-order valence-electron chi connectivity index (χ2n) is 10.1.